The SMILES string of the molecule is C1=CC(c2ccccc2)(c2ccccc2)CC=C1c1ccccc1. The van der Waals surface area contributed by atoms with Crippen LogP contribution in [0.1, 0.15) is 23.1 Å². The van der Waals surface area contributed by atoms with Crippen LogP contribution in [-0.4, -0.2) is 0 Å². The monoisotopic (exact) mass is 308 g/mol. The molecule has 0 aliphatic heterocycles. The topological polar surface area (TPSA) is 0 Å². The van der Waals surface area contributed by atoms with E-state index in [-0.39, 0.29) is 5.41 Å². The van der Waals surface area contributed by atoms with Crippen LogP contribution in [0.4, 0.5) is 0 Å². The summed E-state index contributed by atoms with van der Waals surface area (Å²) in [5, 5.41) is 0. The Hall–Kier alpha value is -2.86. The number of rotatable bonds is 3. The van der Waals surface area contributed by atoms with E-state index >= 15 is 0 Å². The minimum atomic E-state index is -0.0825. The Morgan fingerprint density at radius 3 is 1.54 bits per heavy atom. The molecule has 0 amide bonds. The molecule has 0 atom stereocenters. The maximum absolute atomic E-state index is 2.38. The van der Waals surface area contributed by atoms with Gasteiger partial charge in [0.2, 0.25) is 0 Å². The third-order valence-corrected chi connectivity index (χ3v) is 4.88. The fourth-order valence-electron chi connectivity index (χ4n) is 3.55. The van der Waals surface area contributed by atoms with Crippen LogP contribution in [0.5, 0.6) is 0 Å². The molecule has 0 heterocycles. The molecule has 1 aliphatic carbocycles. The Balaban J connectivity index is 1.78. The smallest absolute Gasteiger partial charge is 0.0419 e. The van der Waals surface area contributed by atoms with E-state index in [1.807, 2.05) is 0 Å². The van der Waals surface area contributed by atoms with E-state index in [1.165, 1.54) is 22.3 Å². The molecule has 0 N–H and O–H groups in total. The van der Waals surface area contributed by atoms with Crippen LogP contribution in [0.25, 0.3) is 5.57 Å². The van der Waals surface area contributed by atoms with Gasteiger partial charge < -0.3 is 0 Å². The molecule has 0 bridgehead atoms. The fraction of sp³-hybridized carbons (Fsp3) is 0.0833. The molecule has 0 nitrogen and oxygen atoms in total. The average molecular weight is 308 g/mol. The summed E-state index contributed by atoms with van der Waals surface area (Å²) in [6, 6.07) is 32.2. The minimum absolute atomic E-state index is 0.0825. The number of allylic oxidation sites excluding steroid dienone is 4. The largest absolute Gasteiger partial charge is 0.0751 e. The first-order valence-electron chi connectivity index (χ1n) is 8.44. The standard InChI is InChI=1S/C24H20/c1-4-10-20(11-5-1)21-16-18-24(19-17-21,22-12-6-2-7-13-22)23-14-8-3-9-15-23/h1-18H,19H2. The van der Waals surface area contributed by atoms with E-state index in [0.29, 0.717) is 0 Å². The zero-order valence-electron chi connectivity index (χ0n) is 13.6. The zero-order chi connectivity index (χ0) is 16.2. The lowest BCUT2D eigenvalue weighted by atomic mass is 9.69. The summed E-state index contributed by atoms with van der Waals surface area (Å²) in [6.07, 6.45) is 8.00. The van der Waals surface area contributed by atoms with Crippen LogP contribution in [0.3, 0.4) is 0 Å². The molecule has 0 fully saturated rings. The molecule has 0 aromatic heterocycles. The Kier molecular flexibility index (Phi) is 3.88. The van der Waals surface area contributed by atoms with E-state index in [0.717, 1.165) is 6.42 Å². The number of hydrogen-bond donors (Lipinski definition) is 0. The molecule has 0 saturated carbocycles. The normalized spacial score (nSPS) is 15.8. The van der Waals surface area contributed by atoms with Crippen LogP contribution in [0, 0.1) is 0 Å². The average Bonchev–Trinajstić information content (AvgIpc) is 2.70. The third kappa shape index (κ3) is 2.61. The van der Waals surface area contributed by atoms with Gasteiger partial charge in [0.1, 0.15) is 0 Å². The fourth-order valence-corrected chi connectivity index (χ4v) is 3.55. The zero-order valence-corrected chi connectivity index (χ0v) is 13.6. The molecule has 0 radical (unpaired) electrons. The van der Waals surface area contributed by atoms with Crippen LogP contribution in [-0.2, 0) is 5.41 Å². The summed E-state index contributed by atoms with van der Waals surface area (Å²) in [5.74, 6) is 0. The summed E-state index contributed by atoms with van der Waals surface area (Å²) in [5.41, 5.74) is 5.19. The van der Waals surface area contributed by atoms with Gasteiger partial charge in [0.25, 0.3) is 0 Å². The van der Waals surface area contributed by atoms with Crippen LogP contribution in [0.2, 0.25) is 0 Å². The van der Waals surface area contributed by atoms with Gasteiger partial charge in [-0.1, -0.05) is 109 Å². The van der Waals surface area contributed by atoms with Crippen molar-refractivity contribution < 1.29 is 0 Å². The Morgan fingerprint density at radius 2 is 1.08 bits per heavy atom. The molecular formula is C24H20. The van der Waals surface area contributed by atoms with Gasteiger partial charge in [-0.25, -0.2) is 0 Å². The molecular weight excluding hydrogens is 288 g/mol. The summed E-state index contributed by atoms with van der Waals surface area (Å²) < 4.78 is 0. The molecule has 4 rings (SSSR count). The van der Waals surface area contributed by atoms with Crippen molar-refractivity contribution in [2.75, 3.05) is 0 Å². The molecule has 0 saturated heterocycles. The molecule has 24 heavy (non-hydrogen) atoms. The van der Waals surface area contributed by atoms with E-state index in [2.05, 4.69) is 109 Å². The molecule has 3 aromatic carbocycles. The third-order valence-electron chi connectivity index (χ3n) is 4.88. The molecule has 0 heteroatoms. The highest BCUT2D eigenvalue weighted by Gasteiger charge is 2.32. The van der Waals surface area contributed by atoms with Gasteiger partial charge in [-0.2, -0.15) is 0 Å². The first-order chi connectivity index (χ1) is 11.9. The van der Waals surface area contributed by atoms with E-state index in [9.17, 15) is 0 Å². The Labute approximate surface area is 143 Å². The van der Waals surface area contributed by atoms with Crippen molar-refractivity contribution in [1.29, 1.82) is 0 Å². The summed E-state index contributed by atoms with van der Waals surface area (Å²) >= 11 is 0. The highest BCUT2D eigenvalue weighted by Crippen LogP contribution is 2.41. The first-order valence-corrected chi connectivity index (χ1v) is 8.44. The van der Waals surface area contributed by atoms with Crippen molar-refractivity contribution in [2.45, 2.75) is 11.8 Å². The molecule has 3 aromatic rings. The second-order valence-electron chi connectivity index (χ2n) is 6.27. The molecule has 116 valence electrons. The quantitative estimate of drug-likeness (QED) is 0.555. The molecule has 0 spiro atoms. The van der Waals surface area contributed by atoms with Crippen molar-refractivity contribution in [3.05, 3.63) is 126 Å². The van der Waals surface area contributed by atoms with Gasteiger partial charge in [0.15, 0.2) is 0 Å². The van der Waals surface area contributed by atoms with E-state index in [4.69, 9.17) is 0 Å². The lowest BCUT2D eigenvalue weighted by Gasteiger charge is -2.34. The Morgan fingerprint density at radius 1 is 0.583 bits per heavy atom. The highest BCUT2D eigenvalue weighted by atomic mass is 14.3. The van der Waals surface area contributed by atoms with Crippen LogP contribution >= 0.6 is 0 Å². The van der Waals surface area contributed by atoms with Crippen LogP contribution < -0.4 is 0 Å². The first kappa shape index (κ1) is 14.7. The predicted molar refractivity (Wildman–Crippen MR) is 102 cm³/mol. The van der Waals surface area contributed by atoms with Gasteiger partial charge in [0, 0.05) is 5.41 Å². The lowest BCUT2D eigenvalue weighted by molar-refractivity contribution is 0.649. The van der Waals surface area contributed by atoms with Crippen molar-refractivity contribution in [3.63, 3.8) is 0 Å². The van der Waals surface area contributed by atoms with E-state index in [1.54, 1.807) is 0 Å². The summed E-state index contributed by atoms with van der Waals surface area (Å²) in [6.45, 7) is 0. The maximum atomic E-state index is 2.38. The lowest BCUT2D eigenvalue weighted by Crippen LogP contribution is -2.26. The van der Waals surface area contributed by atoms with Gasteiger partial charge in [-0.05, 0) is 28.7 Å². The van der Waals surface area contributed by atoms with Crippen molar-refractivity contribution in [2.24, 2.45) is 0 Å². The maximum Gasteiger partial charge on any atom is 0.0419 e. The van der Waals surface area contributed by atoms with Gasteiger partial charge in [-0.3, -0.25) is 0 Å². The predicted octanol–water partition coefficient (Wildman–Crippen LogP) is 6.02. The Bertz CT molecular complexity index is 816. The number of hydrogen-bond acceptors (Lipinski definition) is 0. The minimum Gasteiger partial charge on any atom is -0.0751 e. The van der Waals surface area contributed by atoms with Crippen molar-refractivity contribution in [1.82, 2.24) is 0 Å². The molecule has 1 aliphatic rings. The van der Waals surface area contributed by atoms with E-state index < -0.39 is 0 Å². The number of benzene rings is 3. The van der Waals surface area contributed by atoms with Gasteiger partial charge in [0.05, 0.1) is 0 Å². The van der Waals surface area contributed by atoms with Crippen molar-refractivity contribution in [3.8, 4) is 0 Å². The van der Waals surface area contributed by atoms with Gasteiger partial charge >= 0.3 is 0 Å². The highest BCUT2D eigenvalue weighted by molar-refractivity contribution is 5.76. The van der Waals surface area contributed by atoms with Gasteiger partial charge in [-0.15, -0.1) is 0 Å². The second kappa shape index (κ2) is 6.33. The summed E-state index contributed by atoms with van der Waals surface area (Å²) in [7, 11) is 0. The summed E-state index contributed by atoms with van der Waals surface area (Å²) in [4.78, 5) is 0. The molecule has 0 unspecified atom stereocenters. The van der Waals surface area contributed by atoms with Crippen LogP contribution in [0.15, 0.2) is 109 Å². The van der Waals surface area contributed by atoms with Crippen molar-refractivity contribution >= 4 is 5.57 Å². The second-order valence-corrected chi connectivity index (χ2v) is 6.27.